The van der Waals surface area contributed by atoms with E-state index in [0.29, 0.717) is 17.2 Å². The zero-order valence-electron chi connectivity index (χ0n) is 14.2. The summed E-state index contributed by atoms with van der Waals surface area (Å²) in [6.07, 6.45) is -0.919. The van der Waals surface area contributed by atoms with Crippen LogP contribution in [0.1, 0.15) is 25.1 Å². The third-order valence-electron chi connectivity index (χ3n) is 4.33. The maximum absolute atomic E-state index is 12.4. The van der Waals surface area contributed by atoms with Crippen LogP contribution >= 0.6 is 0 Å². The van der Waals surface area contributed by atoms with Crippen molar-refractivity contribution in [1.29, 1.82) is 0 Å². The fourth-order valence-electron chi connectivity index (χ4n) is 2.98. The van der Waals surface area contributed by atoms with Crippen LogP contribution in [0.5, 0.6) is 5.75 Å². The quantitative estimate of drug-likeness (QED) is 0.756. The molecule has 26 heavy (non-hydrogen) atoms. The number of carbonyl (C=O) groups excluding carboxylic acids is 2. The van der Waals surface area contributed by atoms with Crippen LogP contribution in [0.3, 0.4) is 0 Å². The van der Waals surface area contributed by atoms with Gasteiger partial charge in [0.15, 0.2) is 6.10 Å². The van der Waals surface area contributed by atoms with Crippen LogP contribution in [0.4, 0.5) is 5.69 Å². The first-order valence-corrected chi connectivity index (χ1v) is 8.44. The molecule has 2 N–H and O–H groups in total. The fraction of sp³-hybridized carbons (Fsp3) is 0.200. The Morgan fingerprint density at radius 3 is 2.81 bits per heavy atom. The molecule has 0 bridgehead atoms. The highest BCUT2D eigenvalue weighted by Crippen LogP contribution is 2.30. The van der Waals surface area contributed by atoms with Crippen LogP contribution in [0, 0.1) is 0 Å². The number of benzene rings is 2. The van der Waals surface area contributed by atoms with Crippen molar-refractivity contribution < 1.29 is 18.7 Å². The molecule has 2 atom stereocenters. The Bertz CT molecular complexity index is 946. The summed E-state index contributed by atoms with van der Waals surface area (Å²) in [5, 5.41) is 6.59. The van der Waals surface area contributed by atoms with Gasteiger partial charge in [-0.05, 0) is 31.2 Å². The largest absolute Gasteiger partial charge is 0.478 e. The lowest BCUT2D eigenvalue weighted by Crippen LogP contribution is -2.41. The van der Waals surface area contributed by atoms with Crippen LogP contribution in [0.15, 0.2) is 59.0 Å². The number of anilines is 1. The third-order valence-corrected chi connectivity index (χ3v) is 4.33. The van der Waals surface area contributed by atoms with Crippen molar-refractivity contribution in [1.82, 2.24) is 5.32 Å². The predicted molar refractivity (Wildman–Crippen MR) is 96.9 cm³/mol. The molecule has 2 heterocycles. The molecule has 132 valence electrons. The average molecular weight is 350 g/mol. The van der Waals surface area contributed by atoms with Crippen molar-refractivity contribution in [2.75, 3.05) is 5.32 Å². The van der Waals surface area contributed by atoms with Gasteiger partial charge in [0.1, 0.15) is 17.1 Å². The lowest BCUT2D eigenvalue weighted by molar-refractivity contribution is -0.130. The molecular weight excluding hydrogens is 332 g/mol. The topological polar surface area (TPSA) is 80.6 Å². The van der Waals surface area contributed by atoms with Gasteiger partial charge in [-0.1, -0.05) is 30.3 Å². The Hall–Kier alpha value is -3.28. The first-order chi connectivity index (χ1) is 12.6. The number of hydrogen-bond acceptors (Lipinski definition) is 4. The molecule has 2 amide bonds. The van der Waals surface area contributed by atoms with Crippen LogP contribution in [-0.4, -0.2) is 17.9 Å². The fourth-order valence-corrected chi connectivity index (χ4v) is 2.98. The first kappa shape index (κ1) is 16.2. The van der Waals surface area contributed by atoms with E-state index in [-0.39, 0.29) is 24.3 Å². The normalized spacial score (nSPS) is 17.1. The van der Waals surface area contributed by atoms with Crippen LogP contribution in [0.2, 0.25) is 0 Å². The van der Waals surface area contributed by atoms with Gasteiger partial charge < -0.3 is 19.8 Å². The minimum atomic E-state index is -0.854. The lowest BCUT2D eigenvalue weighted by Gasteiger charge is -2.25. The highest BCUT2D eigenvalue weighted by atomic mass is 16.5. The summed E-state index contributed by atoms with van der Waals surface area (Å²) in [7, 11) is 0. The molecule has 3 aromatic rings. The van der Waals surface area contributed by atoms with E-state index in [4.69, 9.17) is 9.15 Å². The van der Waals surface area contributed by atoms with Gasteiger partial charge in [0.05, 0.1) is 18.2 Å². The van der Waals surface area contributed by atoms with E-state index in [1.165, 1.54) is 0 Å². The highest BCUT2D eigenvalue weighted by Gasteiger charge is 2.30. The molecule has 0 aliphatic carbocycles. The molecule has 0 unspecified atom stereocenters. The SMILES string of the molecule is C[C@H](NC(=O)C[C@@H]1Oc2ccccc2NC1=O)c1cc2ccccc2o1. The number of hydrogen-bond donors (Lipinski definition) is 2. The van der Waals surface area contributed by atoms with Crippen molar-refractivity contribution in [2.45, 2.75) is 25.5 Å². The molecule has 1 aromatic heterocycles. The zero-order valence-corrected chi connectivity index (χ0v) is 14.2. The summed E-state index contributed by atoms with van der Waals surface area (Å²) >= 11 is 0. The molecule has 0 spiro atoms. The molecule has 2 aromatic carbocycles. The minimum Gasteiger partial charge on any atom is -0.478 e. The smallest absolute Gasteiger partial charge is 0.266 e. The second-order valence-corrected chi connectivity index (χ2v) is 6.27. The average Bonchev–Trinajstić information content (AvgIpc) is 3.06. The van der Waals surface area contributed by atoms with E-state index in [1.54, 1.807) is 12.1 Å². The number of nitrogens with one attached hydrogen (secondary N) is 2. The number of carbonyl (C=O) groups is 2. The summed E-state index contributed by atoms with van der Waals surface area (Å²) in [6.45, 7) is 1.84. The maximum Gasteiger partial charge on any atom is 0.266 e. The Kier molecular flexibility index (Phi) is 4.08. The summed E-state index contributed by atoms with van der Waals surface area (Å²) in [5.74, 6) is 0.627. The van der Waals surface area contributed by atoms with Crippen molar-refractivity contribution in [3.63, 3.8) is 0 Å². The number of furan rings is 1. The lowest BCUT2D eigenvalue weighted by atomic mass is 10.1. The minimum absolute atomic E-state index is 0.0647. The van der Waals surface area contributed by atoms with E-state index in [9.17, 15) is 9.59 Å². The Labute approximate surface area is 150 Å². The summed E-state index contributed by atoms with van der Waals surface area (Å²) in [5.41, 5.74) is 1.39. The van der Waals surface area contributed by atoms with E-state index in [0.717, 1.165) is 11.0 Å². The molecule has 6 heteroatoms. The van der Waals surface area contributed by atoms with Gasteiger partial charge in [0.25, 0.3) is 5.91 Å². The van der Waals surface area contributed by atoms with Gasteiger partial charge in [-0.15, -0.1) is 0 Å². The molecule has 6 nitrogen and oxygen atoms in total. The van der Waals surface area contributed by atoms with E-state index in [2.05, 4.69) is 10.6 Å². The van der Waals surface area contributed by atoms with Gasteiger partial charge in [-0.3, -0.25) is 9.59 Å². The number of para-hydroxylation sites is 3. The molecule has 1 aliphatic rings. The van der Waals surface area contributed by atoms with Gasteiger partial charge in [0.2, 0.25) is 5.91 Å². The van der Waals surface area contributed by atoms with E-state index in [1.807, 2.05) is 49.4 Å². The number of ether oxygens (including phenoxy) is 1. The number of rotatable bonds is 4. The molecule has 0 saturated heterocycles. The molecule has 1 aliphatic heterocycles. The highest BCUT2D eigenvalue weighted by molar-refractivity contribution is 6.00. The summed E-state index contributed by atoms with van der Waals surface area (Å²) < 4.78 is 11.4. The Morgan fingerprint density at radius 2 is 1.96 bits per heavy atom. The second kappa shape index (κ2) is 6.55. The summed E-state index contributed by atoms with van der Waals surface area (Å²) in [4.78, 5) is 24.5. The van der Waals surface area contributed by atoms with Crippen molar-refractivity contribution in [2.24, 2.45) is 0 Å². The van der Waals surface area contributed by atoms with Crippen LogP contribution in [0.25, 0.3) is 11.0 Å². The van der Waals surface area contributed by atoms with Gasteiger partial charge >= 0.3 is 0 Å². The van der Waals surface area contributed by atoms with Gasteiger partial charge in [-0.25, -0.2) is 0 Å². The monoisotopic (exact) mass is 350 g/mol. The first-order valence-electron chi connectivity index (χ1n) is 8.44. The Balaban J connectivity index is 1.41. The van der Waals surface area contributed by atoms with Gasteiger partial charge in [-0.2, -0.15) is 0 Å². The number of amides is 2. The second-order valence-electron chi connectivity index (χ2n) is 6.27. The van der Waals surface area contributed by atoms with Crippen molar-refractivity contribution >= 4 is 28.5 Å². The maximum atomic E-state index is 12.4. The van der Waals surface area contributed by atoms with Gasteiger partial charge in [0, 0.05) is 5.39 Å². The molecule has 0 saturated carbocycles. The van der Waals surface area contributed by atoms with Crippen molar-refractivity contribution in [3.8, 4) is 5.75 Å². The molecule has 0 fully saturated rings. The molecule has 0 radical (unpaired) electrons. The standard InChI is InChI=1S/C20H18N2O4/c1-12(17-10-13-6-2-4-8-15(13)25-17)21-19(23)11-18-20(24)22-14-7-3-5-9-16(14)26-18/h2-10,12,18H,11H2,1H3,(H,21,23)(H,22,24)/t12-,18-/m0/s1. The zero-order chi connectivity index (χ0) is 18.1. The number of fused-ring (bicyclic) bond motifs is 2. The Morgan fingerprint density at radius 1 is 1.19 bits per heavy atom. The predicted octanol–water partition coefficient (Wildman–Crippen LogP) is 3.40. The molecular formula is C20H18N2O4. The van der Waals surface area contributed by atoms with E-state index < -0.39 is 6.10 Å². The van der Waals surface area contributed by atoms with E-state index >= 15 is 0 Å². The third kappa shape index (κ3) is 3.13. The van der Waals surface area contributed by atoms with Crippen molar-refractivity contribution in [3.05, 3.63) is 60.4 Å². The van der Waals surface area contributed by atoms with Crippen LogP contribution in [-0.2, 0) is 9.59 Å². The van der Waals surface area contributed by atoms with Crippen LogP contribution < -0.4 is 15.4 Å². The molecule has 4 rings (SSSR count). The summed E-state index contributed by atoms with van der Waals surface area (Å²) in [6, 6.07) is 16.4.